The van der Waals surface area contributed by atoms with E-state index in [1.807, 2.05) is 6.08 Å². The van der Waals surface area contributed by atoms with Gasteiger partial charge in [0.05, 0.1) is 0 Å². The quantitative estimate of drug-likeness (QED) is 0.690. The number of amides is 1. The first-order chi connectivity index (χ1) is 7.20. The Morgan fingerprint density at radius 1 is 1.73 bits per heavy atom. The maximum atomic E-state index is 10.3. The fourth-order valence-corrected chi connectivity index (χ4v) is 2.50. The van der Waals surface area contributed by atoms with Crippen LogP contribution in [-0.4, -0.2) is 13.0 Å². The summed E-state index contributed by atoms with van der Waals surface area (Å²) in [6.07, 6.45) is 6.47. The molecule has 2 nitrogen and oxygen atoms in total. The van der Waals surface area contributed by atoms with E-state index in [0.29, 0.717) is 11.8 Å². The highest BCUT2D eigenvalue weighted by molar-refractivity contribution is 5.45. The zero-order chi connectivity index (χ0) is 11.3. The monoisotopic (exact) mass is 207 g/mol. The van der Waals surface area contributed by atoms with Gasteiger partial charge in [-0.2, -0.15) is 0 Å². The number of carbonyl (C=O) groups is 1. The largest absolute Gasteiger partial charge is 0.358 e. The molecule has 1 saturated carbocycles. The van der Waals surface area contributed by atoms with Crippen LogP contribution in [0.3, 0.4) is 0 Å². The summed E-state index contributed by atoms with van der Waals surface area (Å²) >= 11 is 0. The molecule has 0 aromatic heterocycles. The Balaban J connectivity index is 2.67. The van der Waals surface area contributed by atoms with Gasteiger partial charge in [0, 0.05) is 6.54 Å². The maximum absolute atomic E-state index is 10.3. The lowest BCUT2D eigenvalue weighted by Gasteiger charge is -2.21. The van der Waals surface area contributed by atoms with Crippen molar-refractivity contribution < 1.29 is 4.79 Å². The summed E-state index contributed by atoms with van der Waals surface area (Å²) in [5.74, 6) is 1.16. The molecule has 2 heteroatoms. The van der Waals surface area contributed by atoms with Gasteiger partial charge in [0.1, 0.15) is 0 Å². The normalized spacial score (nSPS) is 25.9. The summed E-state index contributed by atoms with van der Waals surface area (Å²) in [6.45, 7) is 8.96. The van der Waals surface area contributed by atoms with Crippen molar-refractivity contribution in [2.24, 2.45) is 11.8 Å². The second-order valence-corrected chi connectivity index (χ2v) is 4.41. The van der Waals surface area contributed by atoms with E-state index in [-0.39, 0.29) is 0 Å². The number of nitrogens with one attached hydrogen (secondary N) is 1. The molecule has 1 rings (SSSR count). The maximum Gasteiger partial charge on any atom is 0.207 e. The molecule has 0 aromatic carbocycles. The molecule has 0 bridgehead atoms. The van der Waals surface area contributed by atoms with Crippen molar-refractivity contribution >= 4 is 6.41 Å². The van der Waals surface area contributed by atoms with Crippen LogP contribution in [0.15, 0.2) is 23.8 Å². The topological polar surface area (TPSA) is 29.1 Å². The minimum Gasteiger partial charge on any atom is -0.358 e. The van der Waals surface area contributed by atoms with Crippen LogP contribution < -0.4 is 5.32 Å². The van der Waals surface area contributed by atoms with Crippen molar-refractivity contribution in [2.45, 2.75) is 33.1 Å². The molecule has 2 unspecified atom stereocenters. The number of rotatable bonds is 5. The highest BCUT2D eigenvalue weighted by atomic mass is 16.1. The molecule has 1 aliphatic rings. The smallest absolute Gasteiger partial charge is 0.207 e. The molecule has 1 amide bonds. The molecule has 1 aliphatic carbocycles. The van der Waals surface area contributed by atoms with Crippen molar-refractivity contribution in [2.75, 3.05) is 6.54 Å². The molecule has 0 spiro atoms. The lowest BCUT2D eigenvalue weighted by atomic mass is 9.87. The summed E-state index contributed by atoms with van der Waals surface area (Å²) in [4.78, 5) is 10.3. The fourth-order valence-electron chi connectivity index (χ4n) is 2.50. The van der Waals surface area contributed by atoms with E-state index >= 15 is 0 Å². The lowest BCUT2D eigenvalue weighted by molar-refractivity contribution is -0.109. The Morgan fingerprint density at radius 2 is 2.47 bits per heavy atom. The number of hydrogen-bond donors (Lipinski definition) is 1. The van der Waals surface area contributed by atoms with Gasteiger partial charge in [-0.15, -0.1) is 0 Å². The minimum atomic E-state index is 0.530. The van der Waals surface area contributed by atoms with Crippen molar-refractivity contribution in [1.29, 1.82) is 0 Å². The SMILES string of the molecule is C=C/C(C)=C1/CCCC1C(C)CNC=O. The second kappa shape index (κ2) is 5.74. The molecule has 1 fully saturated rings. The molecule has 0 heterocycles. The average molecular weight is 207 g/mol. The highest BCUT2D eigenvalue weighted by Crippen LogP contribution is 2.38. The van der Waals surface area contributed by atoms with Gasteiger partial charge in [-0.05, 0) is 38.0 Å². The van der Waals surface area contributed by atoms with Gasteiger partial charge >= 0.3 is 0 Å². The average Bonchev–Trinajstić information content (AvgIpc) is 2.73. The van der Waals surface area contributed by atoms with Crippen molar-refractivity contribution in [3.8, 4) is 0 Å². The summed E-state index contributed by atoms with van der Waals surface area (Å²) in [6, 6.07) is 0. The Bertz CT molecular complexity index is 268. The molecular weight excluding hydrogens is 186 g/mol. The van der Waals surface area contributed by atoms with E-state index in [4.69, 9.17) is 0 Å². The zero-order valence-corrected chi connectivity index (χ0v) is 9.75. The van der Waals surface area contributed by atoms with E-state index in [2.05, 4.69) is 25.7 Å². The number of hydrogen-bond acceptors (Lipinski definition) is 1. The van der Waals surface area contributed by atoms with Crippen LogP contribution >= 0.6 is 0 Å². The van der Waals surface area contributed by atoms with Gasteiger partial charge in [-0.25, -0.2) is 0 Å². The molecule has 1 N–H and O–H groups in total. The Hall–Kier alpha value is -1.05. The van der Waals surface area contributed by atoms with E-state index in [9.17, 15) is 4.79 Å². The van der Waals surface area contributed by atoms with Gasteiger partial charge in [0.25, 0.3) is 0 Å². The van der Waals surface area contributed by atoms with Crippen LogP contribution in [0.25, 0.3) is 0 Å². The van der Waals surface area contributed by atoms with Crippen LogP contribution in [0.1, 0.15) is 33.1 Å². The van der Waals surface area contributed by atoms with E-state index < -0.39 is 0 Å². The minimum absolute atomic E-state index is 0.530. The van der Waals surface area contributed by atoms with Crippen molar-refractivity contribution in [3.63, 3.8) is 0 Å². The van der Waals surface area contributed by atoms with Crippen LogP contribution in [0.2, 0.25) is 0 Å². The van der Waals surface area contributed by atoms with Gasteiger partial charge < -0.3 is 5.32 Å². The molecule has 0 radical (unpaired) electrons. The molecular formula is C13H21NO. The van der Waals surface area contributed by atoms with Crippen LogP contribution in [0, 0.1) is 11.8 Å². The van der Waals surface area contributed by atoms with Crippen molar-refractivity contribution in [1.82, 2.24) is 5.32 Å². The van der Waals surface area contributed by atoms with Crippen LogP contribution in [0.4, 0.5) is 0 Å². The molecule has 0 aliphatic heterocycles. The molecule has 0 aromatic rings. The standard InChI is InChI=1S/C13H21NO/c1-4-10(2)12-6-5-7-13(12)11(3)8-14-9-15/h4,9,11,13H,1,5-8H2,2-3H3,(H,14,15)/b12-10-. The molecule has 2 atom stereocenters. The number of allylic oxidation sites excluding steroid dienone is 3. The number of carbonyl (C=O) groups excluding carboxylic acids is 1. The van der Waals surface area contributed by atoms with E-state index in [1.165, 1.54) is 24.8 Å². The van der Waals surface area contributed by atoms with Gasteiger partial charge in [0.2, 0.25) is 6.41 Å². The third-order valence-electron chi connectivity index (χ3n) is 3.43. The van der Waals surface area contributed by atoms with Crippen LogP contribution in [-0.2, 0) is 4.79 Å². The Kier molecular flexibility index (Phi) is 4.60. The lowest BCUT2D eigenvalue weighted by Crippen LogP contribution is -2.25. The van der Waals surface area contributed by atoms with Crippen LogP contribution in [0.5, 0.6) is 0 Å². The molecule has 15 heavy (non-hydrogen) atoms. The van der Waals surface area contributed by atoms with Gasteiger partial charge in [-0.3, -0.25) is 4.79 Å². The zero-order valence-electron chi connectivity index (χ0n) is 9.75. The predicted octanol–water partition coefficient (Wildman–Crippen LogP) is 2.67. The summed E-state index contributed by atoms with van der Waals surface area (Å²) in [5.41, 5.74) is 2.88. The molecule has 0 saturated heterocycles. The third-order valence-corrected chi connectivity index (χ3v) is 3.43. The first-order valence-electron chi connectivity index (χ1n) is 5.69. The van der Waals surface area contributed by atoms with Gasteiger partial charge in [0.15, 0.2) is 0 Å². The Morgan fingerprint density at radius 3 is 3.07 bits per heavy atom. The summed E-state index contributed by atoms with van der Waals surface area (Å²) in [5, 5.41) is 2.77. The first-order valence-corrected chi connectivity index (χ1v) is 5.69. The fraction of sp³-hybridized carbons (Fsp3) is 0.615. The van der Waals surface area contributed by atoms with Gasteiger partial charge in [-0.1, -0.05) is 30.7 Å². The summed E-state index contributed by atoms with van der Waals surface area (Å²) < 4.78 is 0. The van der Waals surface area contributed by atoms with E-state index in [0.717, 1.165) is 13.0 Å². The third kappa shape index (κ3) is 2.95. The summed E-state index contributed by atoms with van der Waals surface area (Å²) in [7, 11) is 0. The Labute approximate surface area is 92.4 Å². The first kappa shape index (κ1) is 12.0. The highest BCUT2D eigenvalue weighted by Gasteiger charge is 2.26. The predicted molar refractivity (Wildman–Crippen MR) is 63.5 cm³/mol. The van der Waals surface area contributed by atoms with Crippen molar-refractivity contribution in [3.05, 3.63) is 23.8 Å². The van der Waals surface area contributed by atoms with E-state index in [1.54, 1.807) is 5.57 Å². The second-order valence-electron chi connectivity index (χ2n) is 4.41. The molecule has 84 valence electrons.